The molecule has 1 aromatic heterocycles. The molecular weight excluding hydrogens is 316 g/mol. The van der Waals surface area contributed by atoms with Crippen molar-refractivity contribution in [2.45, 2.75) is 19.9 Å². The second-order valence-corrected chi connectivity index (χ2v) is 4.99. The molecule has 2 rings (SSSR count). The number of aromatic nitrogens is 2. The molecule has 6 heteroatoms. The molecule has 2 aromatic rings. The fourth-order valence-electron chi connectivity index (χ4n) is 1.78. The largest absolute Gasteiger partial charge is 0.374 e. The summed E-state index contributed by atoms with van der Waals surface area (Å²) in [5, 5.41) is 2.90. The van der Waals surface area contributed by atoms with Crippen molar-refractivity contribution < 1.29 is 8.78 Å². The minimum absolute atomic E-state index is 0.0956. The SMILES string of the molecule is Cc1nccnc1C(C)Nc1cc(F)c(Br)cc1F. The van der Waals surface area contributed by atoms with Crippen LogP contribution in [0.15, 0.2) is 29.0 Å². The normalized spacial score (nSPS) is 12.3. The van der Waals surface area contributed by atoms with Crippen LogP contribution in [0.5, 0.6) is 0 Å². The van der Waals surface area contributed by atoms with Gasteiger partial charge in [0, 0.05) is 18.5 Å². The molecule has 1 heterocycles. The zero-order chi connectivity index (χ0) is 14.0. The number of nitrogens with one attached hydrogen (secondary N) is 1. The van der Waals surface area contributed by atoms with E-state index < -0.39 is 11.6 Å². The summed E-state index contributed by atoms with van der Waals surface area (Å²) >= 11 is 2.94. The molecule has 19 heavy (non-hydrogen) atoms. The lowest BCUT2D eigenvalue weighted by Gasteiger charge is -2.16. The molecule has 1 unspecified atom stereocenters. The van der Waals surface area contributed by atoms with E-state index in [2.05, 4.69) is 31.2 Å². The molecule has 0 saturated heterocycles. The van der Waals surface area contributed by atoms with Crippen LogP contribution >= 0.6 is 15.9 Å². The van der Waals surface area contributed by atoms with E-state index in [1.165, 1.54) is 0 Å². The predicted molar refractivity (Wildman–Crippen MR) is 72.9 cm³/mol. The Morgan fingerprint density at radius 1 is 1.16 bits per heavy atom. The fourth-order valence-corrected chi connectivity index (χ4v) is 2.09. The summed E-state index contributed by atoms with van der Waals surface area (Å²) in [7, 11) is 0. The third-order valence-electron chi connectivity index (χ3n) is 2.71. The van der Waals surface area contributed by atoms with Crippen LogP contribution in [0.2, 0.25) is 0 Å². The van der Waals surface area contributed by atoms with Crippen molar-refractivity contribution in [2.24, 2.45) is 0 Å². The third-order valence-corrected chi connectivity index (χ3v) is 3.32. The van der Waals surface area contributed by atoms with Crippen molar-refractivity contribution in [3.63, 3.8) is 0 Å². The van der Waals surface area contributed by atoms with Crippen LogP contribution in [0.4, 0.5) is 14.5 Å². The van der Waals surface area contributed by atoms with Gasteiger partial charge in [-0.15, -0.1) is 0 Å². The van der Waals surface area contributed by atoms with E-state index in [1.54, 1.807) is 12.4 Å². The molecule has 3 nitrogen and oxygen atoms in total. The van der Waals surface area contributed by atoms with Crippen molar-refractivity contribution >= 4 is 21.6 Å². The van der Waals surface area contributed by atoms with Gasteiger partial charge >= 0.3 is 0 Å². The van der Waals surface area contributed by atoms with Crippen LogP contribution < -0.4 is 5.32 Å². The van der Waals surface area contributed by atoms with Gasteiger partial charge in [0.2, 0.25) is 0 Å². The molecule has 1 N–H and O–H groups in total. The number of aryl methyl sites for hydroxylation is 1. The number of hydrogen-bond acceptors (Lipinski definition) is 3. The number of hydrogen-bond donors (Lipinski definition) is 1. The maximum atomic E-state index is 13.7. The maximum Gasteiger partial charge on any atom is 0.147 e. The van der Waals surface area contributed by atoms with E-state index in [4.69, 9.17) is 0 Å². The first-order chi connectivity index (χ1) is 8.99. The average Bonchev–Trinajstić information content (AvgIpc) is 2.36. The smallest absolute Gasteiger partial charge is 0.147 e. The van der Waals surface area contributed by atoms with Crippen molar-refractivity contribution in [1.82, 2.24) is 9.97 Å². The van der Waals surface area contributed by atoms with Gasteiger partial charge in [0.1, 0.15) is 11.6 Å². The number of benzene rings is 1. The lowest BCUT2D eigenvalue weighted by molar-refractivity contribution is 0.594. The van der Waals surface area contributed by atoms with Gasteiger partial charge in [0.15, 0.2) is 0 Å². The van der Waals surface area contributed by atoms with Crippen LogP contribution in [-0.4, -0.2) is 9.97 Å². The van der Waals surface area contributed by atoms with Crippen molar-refractivity contribution in [1.29, 1.82) is 0 Å². The monoisotopic (exact) mass is 327 g/mol. The van der Waals surface area contributed by atoms with Crippen LogP contribution in [0.1, 0.15) is 24.4 Å². The number of halogens is 3. The molecule has 0 aliphatic heterocycles. The van der Waals surface area contributed by atoms with Gasteiger partial charge in [-0.2, -0.15) is 0 Å². The Balaban J connectivity index is 2.27. The Kier molecular flexibility index (Phi) is 4.09. The molecule has 0 saturated carbocycles. The molecule has 0 spiro atoms. The summed E-state index contributed by atoms with van der Waals surface area (Å²) in [5.74, 6) is -1.05. The molecule has 1 aromatic carbocycles. The molecule has 0 aliphatic carbocycles. The highest BCUT2D eigenvalue weighted by Crippen LogP contribution is 2.26. The van der Waals surface area contributed by atoms with Gasteiger partial charge in [-0.05, 0) is 35.8 Å². The molecular formula is C13H12BrF2N3. The summed E-state index contributed by atoms with van der Waals surface area (Å²) in [5.41, 5.74) is 1.55. The second kappa shape index (κ2) is 5.61. The number of rotatable bonds is 3. The van der Waals surface area contributed by atoms with Crippen molar-refractivity contribution in [2.75, 3.05) is 5.32 Å². The minimum Gasteiger partial charge on any atom is -0.374 e. The zero-order valence-corrected chi connectivity index (χ0v) is 12.0. The first kappa shape index (κ1) is 13.9. The van der Waals surface area contributed by atoms with Gasteiger partial charge in [0.05, 0.1) is 27.6 Å². The Labute approximate surface area is 118 Å². The predicted octanol–water partition coefficient (Wildman–Crippen LogP) is 4.00. The highest BCUT2D eigenvalue weighted by Gasteiger charge is 2.14. The summed E-state index contributed by atoms with van der Waals surface area (Å²) in [6.45, 7) is 3.63. The van der Waals surface area contributed by atoms with Crippen molar-refractivity contribution in [3.8, 4) is 0 Å². The molecule has 1 atom stereocenters. The molecule has 100 valence electrons. The van der Waals surface area contributed by atoms with Gasteiger partial charge < -0.3 is 5.32 Å². The molecule has 0 radical (unpaired) electrons. The highest BCUT2D eigenvalue weighted by molar-refractivity contribution is 9.10. The van der Waals surface area contributed by atoms with Crippen LogP contribution in [0.25, 0.3) is 0 Å². The summed E-state index contributed by atoms with van der Waals surface area (Å²) in [6.07, 6.45) is 3.16. The molecule has 0 fully saturated rings. The van der Waals surface area contributed by atoms with E-state index in [0.29, 0.717) is 5.69 Å². The molecule has 0 aliphatic rings. The topological polar surface area (TPSA) is 37.8 Å². The summed E-state index contributed by atoms with van der Waals surface area (Å²) < 4.78 is 27.2. The van der Waals surface area contributed by atoms with Gasteiger partial charge in [-0.3, -0.25) is 9.97 Å². The van der Waals surface area contributed by atoms with Crippen LogP contribution in [0.3, 0.4) is 0 Å². The van der Waals surface area contributed by atoms with E-state index in [0.717, 1.165) is 17.8 Å². The van der Waals surface area contributed by atoms with E-state index in [9.17, 15) is 8.78 Å². The standard InChI is InChI=1S/C13H12BrF2N3/c1-7-13(18-4-3-17-7)8(2)19-12-6-10(15)9(14)5-11(12)16/h3-6,8,19H,1-2H3. The van der Waals surface area contributed by atoms with Gasteiger partial charge in [0.25, 0.3) is 0 Å². The third kappa shape index (κ3) is 3.07. The van der Waals surface area contributed by atoms with E-state index >= 15 is 0 Å². The first-order valence-corrected chi connectivity index (χ1v) is 6.47. The second-order valence-electron chi connectivity index (χ2n) is 4.14. The van der Waals surface area contributed by atoms with E-state index in [-0.39, 0.29) is 16.2 Å². The highest BCUT2D eigenvalue weighted by atomic mass is 79.9. The molecule has 0 amide bonds. The molecule has 0 bridgehead atoms. The van der Waals surface area contributed by atoms with Gasteiger partial charge in [-0.25, -0.2) is 8.78 Å². The van der Waals surface area contributed by atoms with Crippen LogP contribution in [-0.2, 0) is 0 Å². The zero-order valence-electron chi connectivity index (χ0n) is 10.4. The fraction of sp³-hybridized carbons (Fsp3) is 0.231. The lowest BCUT2D eigenvalue weighted by Crippen LogP contribution is -2.12. The first-order valence-electron chi connectivity index (χ1n) is 5.67. The van der Waals surface area contributed by atoms with Crippen LogP contribution in [0, 0.1) is 18.6 Å². The lowest BCUT2D eigenvalue weighted by atomic mass is 10.1. The maximum absolute atomic E-state index is 13.7. The number of nitrogens with zero attached hydrogens (tertiary/aromatic N) is 2. The average molecular weight is 328 g/mol. The minimum atomic E-state index is -0.526. The quantitative estimate of drug-likeness (QED) is 0.866. The van der Waals surface area contributed by atoms with Gasteiger partial charge in [-0.1, -0.05) is 0 Å². The van der Waals surface area contributed by atoms with Crippen molar-refractivity contribution in [3.05, 3.63) is 52.0 Å². The van der Waals surface area contributed by atoms with E-state index in [1.807, 2.05) is 13.8 Å². The Hall–Kier alpha value is -1.56. The summed E-state index contributed by atoms with van der Waals surface area (Å²) in [4.78, 5) is 8.31. The Morgan fingerprint density at radius 2 is 1.84 bits per heavy atom. The Bertz CT molecular complexity index is 604. The number of anilines is 1. The summed E-state index contributed by atoms with van der Waals surface area (Å²) in [6, 6.07) is 1.93. The Morgan fingerprint density at radius 3 is 2.53 bits per heavy atom.